The second-order valence-electron chi connectivity index (χ2n) is 6.55. The molecule has 3 rings (SSSR count). The molecule has 1 aromatic heterocycles. The van der Waals surface area contributed by atoms with E-state index in [4.69, 9.17) is 0 Å². The highest BCUT2D eigenvalue weighted by atomic mass is 14.9. The van der Waals surface area contributed by atoms with Gasteiger partial charge >= 0.3 is 0 Å². The lowest BCUT2D eigenvalue weighted by atomic mass is 9.79. The first-order valence-electron chi connectivity index (χ1n) is 7.84. The molecule has 108 valence electrons. The number of aromatic amines is 1. The molecule has 1 heterocycles. The molecule has 0 saturated heterocycles. The van der Waals surface area contributed by atoms with Gasteiger partial charge in [0.2, 0.25) is 0 Å². The molecular weight excluding hydrogens is 246 g/mol. The smallest absolute Gasteiger partial charge is 0.104 e. The topological polar surface area (TPSA) is 40.7 Å². The van der Waals surface area contributed by atoms with Crippen molar-refractivity contribution in [2.45, 2.75) is 52.5 Å². The van der Waals surface area contributed by atoms with Crippen molar-refractivity contribution in [2.75, 3.05) is 5.32 Å². The fraction of sp³-hybridized carbons (Fsp3) is 0.588. The summed E-state index contributed by atoms with van der Waals surface area (Å²) in [6.07, 6.45) is 5.31. The molecule has 3 heteroatoms. The van der Waals surface area contributed by atoms with Crippen LogP contribution in [0.2, 0.25) is 0 Å². The fourth-order valence-corrected chi connectivity index (χ4v) is 3.39. The molecule has 1 fully saturated rings. The van der Waals surface area contributed by atoms with E-state index < -0.39 is 0 Å². The maximum atomic E-state index is 4.45. The third-order valence-corrected chi connectivity index (χ3v) is 4.69. The second-order valence-corrected chi connectivity index (χ2v) is 6.55. The van der Waals surface area contributed by atoms with Gasteiger partial charge in [-0.25, -0.2) is 4.98 Å². The Hall–Kier alpha value is -1.51. The Bertz CT molecular complexity index is 577. The number of fused-ring (bicyclic) bond motifs is 1. The molecule has 20 heavy (non-hydrogen) atoms. The lowest BCUT2D eigenvalue weighted by Gasteiger charge is -2.31. The highest BCUT2D eigenvalue weighted by molar-refractivity contribution is 5.79. The zero-order valence-corrected chi connectivity index (χ0v) is 12.7. The van der Waals surface area contributed by atoms with Crippen molar-refractivity contribution in [2.24, 2.45) is 11.8 Å². The lowest BCUT2D eigenvalue weighted by Crippen LogP contribution is -2.27. The Kier molecular flexibility index (Phi) is 3.68. The number of benzene rings is 1. The predicted molar refractivity (Wildman–Crippen MR) is 85.0 cm³/mol. The summed E-state index contributed by atoms with van der Waals surface area (Å²) in [4.78, 5) is 7.75. The zero-order chi connectivity index (χ0) is 14.1. The molecule has 0 radical (unpaired) electrons. The van der Waals surface area contributed by atoms with Crippen molar-refractivity contribution in [1.29, 1.82) is 0 Å². The third-order valence-electron chi connectivity index (χ3n) is 4.69. The predicted octanol–water partition coefficient (Wildman–Crippen LogP) is 4.50. The van der Waals surface area contributed by atoms with Gasteiger partial charge in [-0.15, -0.1) is 0 Å². The van der Waals surface area contributed by atoms with Crippen LogP contribution in [0.25, 0.3) is 11.0 Å². The molecule has 0 bridgehead atoms. The zero-order valence-electron chi connectivity index (χ0n) is 12.7. The first-order chi connectivity index (χ1) is 9.61. The number of H-pyrrole nitrogens is 1. The van der Waals surface area contributed by atoms with Gasteiger partial charge in [0.25, 0.3) is 0 Å². The summed E-state index contributed by atoms with van der Waals surface area (Å²) in [5.74, 6) is 2.74. The van der Waals surface area contributed by atoms with Crippen molar-refractivity contribution in [1.82, 2.24) is 9.97 Å². The summed E-state index contributed by atoms with van der Waals surface area (Å²) >= 11 is 0. The Morgan fingerprint density at radius 1 is 1.20 bits per heavy atom. The molecule has 1 aliphatic carbocycles. The molecule has 1 aromatic carbocycles. The number of hydrogen-bond acceptors (Lipinski definition) is 2. The van der Waals surface area contributed by atoms with Crippen LogP contribution < -0.4 is 5.32 Å². The minimum Gasteiger partial charge on any atom is -0.382 e. The number of anilines is 1. The van der Waals surface area contributed by atoms with E-state index in [0.717, 1.165) is 28.7 Å². The molecule has 2 aromatic rings. The Labute approximate surface area is 121 Å². The number of hydrogen-bond donors (Lipinski definition) is 2. The van der Waals surface area contributed by atoms with Crippen LogP contribution in [0.3, 0.4) is 0 Å². The van der Waals surface area contributed by atoms with E-state index in [-0.39, 0.29) is 0 Å². The van der Waals surface area contributed by atoms with Crippen LogP contribution in [0.15, 0.2) is 18.2 Å². The van der Waals surface area contributed by atoms with Gasteiger partial charge in [-0.3, -0.25) is 0 Å². The van der Waals surface area contributed by atoms with E-state index in [1.54, 1.807) is 0 Å². The minimum absolute atomic E-state index is 0.631. The summed E-state index contributed by atoms with van der Waals surface area (Å²) in [6.45, 7) is 6.71. The van der Waals surface area contributed by atoms with Crippen LogP contribution in [0.5, 0.6) is 0 Å². The molecule has 3 nitrogen and oxygen atoms in total. The summed E-state index contributed by atoms with van der Waals surface area (Å²) in [7, 11) is 0. The molecule has 1 saturated carbocycles. The molecule has 2 N–H and O–H groups in total. The molecule has 0 atom stereocenters. The summed E-state index contributed by atoms with van der Waals surface area (Å²) in [5, 5.41) is 3.69. The van der Waals surface area contributed by atoms with Crippen LogP contribution in [-0.2, 0) is 0 Å². The van der Waals surface area contributed by atoms with Crippen molar-refractivity contribution in [3.05, 3.63) is 24.0 Å². The Morgan fingerprint density at radius 3 is 2.65 bits per heavy atom. The summed E-state index contributed by atoms with van der Waals surface area (Å²) in [5.41, 5.74) is 3.40. The van der Waals surface area contributed by atoms with E-state index in [2.05, 4.69) is 47.3 Å². The second kappa shape index (κ2) is 5.47. The normalized spacial score (nSPS) is 23.4. The van der Waals surface area contributed by atoms with Gasteiger partial charge in [0, 0.05) is 11.7 Å². The summed E-state index contributed by atoms with van der Waals surface area (Å²) < 4.78 is 0. The average Bonchev–Trinajstić information content (AvgIpc) is 2.78. The number of aromatic nitrogens is 2. The standard InChI is InChI=1S/C17H25N3/c1-11(2)13-4-6-14(7-5-13)20-15-8-9-16-17(10-15)19-12(3)18-16/h8-11,13-14,20H,4-7H2,1-3H3,(H,18,19). The van der Waals surface area contributed by atoms with Crippen molar-refractivity contribution >= 4 is 16.7 Å². The number of aryl methyl sites for hydroxylation is 1. The van der Waals surface area contributed by atoms with Gasteiger partial charge in [0.15, 0.2) is 0 Å². The average molecular weight is 271 g/mol. The van der Waals surface area contributed by atoms with E-state index in [1.807, 2.05) is 6.92 Å². The van der Waals surface area contributed by atoms with Gasteiger partial charge in [-0.05, 0) is 62.6 Å². The van der Waals surface area contributed by atoms with Gasteiger partial charge in [0.05, 0.1) is 11.0 Å². The van der Waals surface area contributed by atoms with Gasteiger partial charge in [-0.1, -0.05) is 13.8 Å². The van der Waals surface area contributed by atoms with Crippen LogP contribution in [-0.4, -0.2) is 16.0 Å². The Balaban J connectivity index is 1.65. The maximum absolute atomic E-state index is 4.45. The van der Waals surface area contributed by atoms with Gasteiger partial charge < -0.3 is 10.3 Å². The molecule has 0 aliphatic heterocycles. The quantitative estimate of drug-likeness (QED) is 0.863. The highest BCUT2D eigenvalue weighted by Gasteiger charge is 2.23. The van der Waals surface area contributed by atoms with Crippen molar-refractivity contribution in [3.63, 3.8) is 0 Å². The van der Waals surface area contributed by atoms with Crippen LogP contribution in [0.1, 0.15) is 45.4 Å². The van der Waals surface area contributed by atoms with E-state index in [1.165, 1.54) is 31.4 Å². The van der Waals surface area contributed by atoms with Crippen LogP contribution >= 0.6 is 0 Å². The van der Waals surface area contributed by atoms with Crippen LogP contribution in [0, 0.1) is 18.8 Å². The number of nitrogens with zero attached hydrogens (tertiary/aromatic N) is 1. The lowest BCUT2D eigenvalue weighted by molar-refractivity contribution is 0.267. The largest absolute Gasteiger partial charge is 0.382 e. The maximum Gasteiger partial charge on any atom is 0.104 e. The van der Waals surface area contributed by atoms with E-state index >= 15 is 0 Å². The first-order valence-corrected chi connectivity index (χ1v) is 7.84. The number of nitrogens with one attached hydrogen (secondary N) is 2. The molecule has 0 amide bonds. The molecule has 0 unspecified atom stereocenters. The molecular formula is C17H25N3. The number of rotatable bonds is 3. The SMILES string of the molecule is Cc1nc2ccc(NC3CCC(C(C)C)CC3)cc2[nH]1. The summed E-state index contributed by atoms with van der Waals surface area (Å²) in [6, 6.07) is 7.06. The monoisotopic (exact) mass is 271 g/mol. The minimum atomic E-state index is 0.631. The van der Waals surface area contributed by atoms with Gasteiger partial charge in [0.1, 0.15) is 5.82 Å². The third kappa shape index (κ3) is 2.82. The molecule has 1 aliphatic rings. The Morgan fingerprint density at radius 2 is 1.95 bits per heavy atom. The van der Waals surface area contributed by atoms with E-state index in [0.29, 0.717) is 6.04 Å². The highest BCUT2D eigenvalue weighted by Crippen LogP contribution is 2.31. The fourth-order valence-electron chi connectivity index (χ4n) is 3.39. The van der Waals surface area contributed by atoms with Crippen molar-refractivity contribution in [3.8, 4) is 0 Å². The van der Waals surface area contributed by atoms with E-state index in [9.17, 15) is 0 Å². The number of imidazole rings is 1. The van der Waals surface area contributed by atoms with Gasteiger partial charge in [-0.2, -0.15) is 0 Å². The first kappa shape index (κ1) is 13.5. The van der Waals surface area contributed by atoms with Crippen molar-refractivity contribution < 1.29 is 0 Å². The molecule has 0 spiro atoms. The van der Waals surface area contributed by atoms with Crippen LogP contribution in [0.4, 0.5) is 5.69 Å².